The van der Waals surface area contributed by atoms with Crippen LogP contribution < -0.4 is 5.69 Å². The predicted octanol–water partition coefficient (Wildman–Crippen LogP) is 3.77. The summed E-state index contributed by atoms with van der Waals surface area (Å²) in [6.07, 6.45) is 10.1. The van der Waals surface area contributed by atoms with Crippen LogP contribution in [0.1, 0.15) is 33.4 Å². The number of hydrogen-bond donors (Lipinski definition) is 1. The maximum Gasteiger partial charge on any atom is 0.370 e. The van der Waals surface area contributed by atoms with E-state index in [0.29, 0.717) is 6.07 Å². The molecule has 0 aromatic carbocycles. The number of halogens is 3. The van der Waals surface area contributed by atoms with Gasteiger partial charge in [-0.2, -0.15) is 0 Å². The molecule has 2 aromatic rings. The minimum absolute atomic E-state index is 0.0227. The second kappa shape index (κ2) is 11.4. The molecule has 202 valence electrons. The average Bonchev–Trinajstić information content (AvgIpc) is 3.27. The molecular formula is C25H26ClF2N5O5. The molecule has 2 aromatic heterocycles. The number of hydrogen-bond acceptors (Lipinski definition) is 7. The molecule has 1 aliphatic rings. The zero-order valence-corrected chi connectivity index (χ0v) is 21.8. The van der Waals surface area contributed by atoms with Crippen molar-refractivity contribution >= 4 is 23.3 Å². The van der Waals surface area contributed by atoms with E-state index in [1.807, 2.05) is 0 Å². The van der Waals surface area contributed by atoms with E-state index in [4.69, 9.17) is 16.3 Å². The monoisotopic (exact) mass is 549 g/mol. The number of aliphatic hydroxyl groups is 1. The van der Waals surface area contributed by atoms with Crippen LogP contribution in [0.15, 0.2) is 81.6 Å². The van der Waals surface area contributed by atoms with Gasteiger partial charge in [-0.3, -0.25) is 14.1 Å². The second-order valence-corrected chi connectivity index (χ2v) is 9.25. The maximum atomic E-state index is 13.9. The van der Waals surface area contributed by atoms with Gasteiger partial charge in [-0.05, 0) is 20.8 Å². The Morgan fingerprint density at radius 2 is 2.05 bits per heavy atom. The topological polar surface area (TPSA) is 122 Å². The highest BCUT2D eigenvalue weighted by molar-refractivity contribution is 6.41. The van der Waals surface area contributed by atoms with Crippen molar-refractivity contribution < 1.29 is 28.1 Å². The molecule has 1 N–H and O–H groups in total. The highest BCUT2D eigenvalue weighted by Crippen LogP contribution is 2.32. The first-order chi connectivity index (χ1) is 17.9. The molecule has 3 heterocycles. The Kier molecular flexibility index (Phi) is 8.62. The fraction of sp³-hybridized carbons (Fsp3) is 0.280. The van der Waals surface area contributed by atoms with Crippen molar-refractivity contribution in [3.05, 3.63) is 105 Å². The zero-order chi connectivity index (χ0) is 28.3. The highest BCUT2D eigenvalue weighted by Gasteiger charge is 2.37. The van der Waals surface area contributed by atoms with Crippen LogP contribution in [0.25, 0.3) is 0 Å². The number of nitrogens with zero attached hydrogens (tertiary/aromatic N) is 5. The molecule has 0 saturated carbocycles. The summed E-state index contributed by atoms with van der Waals surface area (Å²) in [7, 11) is 0. The van der Waals surface area contributed by atoms with E-state index in [-0.39, 0.29) is 29.6 Å². The Balaban J connectivity index is 1.92. The Morgan fingerprint density at radius 3 is 2.68 bits per heavy atom. The molecule has 1 amide bonds. The van der Waals surface area contributed by atoms with Gasteiger partial charge >= 0.3 is 11.6 Å². The Hall–Kier alpha value is -3.71. The number of hydroxylamine groups is 3. The molecule has 0 aliphatic carbocycles. The van der Waals surface area contributed by atoms with Crippen LogP contribution in [0, 0.1) is 16.8 Å². The summed E-state index contributed by atoms with van der Waals surface area (Å²) >= 11 is 6.14. The molecule has 0 saturated heterocycles. The molecule has 38 heavy (non-hydrogen) atoms. The highest BCUT2D eigenvalue weighted by atomic mass is 35.5. The maximum absolute atomic E-state index is 13.9. The number of carbonyl (C=O) groups excluding carboxylic acids is 1. The fourth-order valence-corrected chi connectivity index (χ4v) is 3.58. The third-order valence-corrected chi connectivity index (χ3v) is 6.02. The summed E-state index contributed by atoms with van der Waals surface area (Å²) in [6.45, 7) is 5.65. The van der Waals surface area contributed by atoms with E-state index in [1.54, 1.807) is 26.8 Å². The molecule has 0 radical (unpaired) electrons. The summed E-state index contributed by atoms with van der Waals surface area (Å²) in [6, 6.07) is 0.635. The Bertz CT molecular complexity index is 1450. The summed E-state index contributed by atoms with van der Waals surface area (Å²) in [5, 5.41) is 22.6. The largest absolute Gasteiger partial charge is 0.615 e. The van der Waals surface area contributed by atoms with Crippen LogP contribution in [-0.2, 0) is 21.7 Å². The molecule has 0 fully saturated rings. The summed E-state index contributed by atoms with van der Waals surface area (Å²) < 4.78 is 33.2. The standard InChI is InChI=1S/C25H26ClF2N5O5/c1-5-7-29-21(31-8-9-32(24(31)36)25(3,4)15-34)6-10-33(37)16(2)11-20(22(26)23(33)35)38-14-19-18(28)12-17(27)13-30-19/h5-13,34H,14-15H2,1-4H3/b7-5+,10-6?,29-21?. The fourth-order valence-electron chi connectivity index (χ4n) is 3.34. The van der Waals surface area contributed by atoms with Crippen LogP contribution in [0.2, 0.25) is 0 Å². The van der Waals surface area contributed by atoms with E-state index in [1.165, 1.54) is 42.2 Å². The van der Waals surface area contributed by atoms with E-state index < -0.39 is 45.1 Å². The quantitative estimate of drug-likeness (QED) is 0.231. The number of aliphatic hydroxyl groups excluding tert-OH is 1. The molecular weight excluding hydrogens is 524 g/mol. The van der Waals surface area contributed by atoms with E-state index in [0.717, 1.165) is 17.0 Å². The second-order valence-electron chi connectivity index (χ2n) is 8.87. The van der Waals surface area contributed by atoms with Crippen LogP contribution in [0.3, 0.4) is 0 Å². The van der Waals surface area contributed by atoms with Gasteiger partial charge in [0.1, 0.15) is 35.9 Å². The van der Waals surface area contributed by atoms with Gasteiger partial charge in [-0.15, -0.1) is 0 Å². The van der Waals surface area contributed by atoms with Gasteiger partial charge < -0.3 is 15.1 Å². The Labute approximate surface area is 221 Å². The van der Waals surface area contributed by atoms with Gasteiger partial charge in [0.15, 0.2) is 16.6 Å². The number of ether oxygens (including phenoxy) is 1. The van der Waals surface area contributed by atoms with Gasteiger partial charge in [0.25, 0.3) is 0 Å². The molecule has 0 bridgehead atoms. The lowest BCUT2D eigenvalue weighted by Crippen LogP contribution is -2.44. The van der Waals surface area contributed by atoms with E-state index in [9.17, 15) is 28.7 Å². The third kappa shape index (κ3) is 5.73. The lowest BCUT2D eigenvalue weighted by molar-refractivity contribution is -0.705. The lowest BCUT2D eigenvalue weighted by Gasteiger charge is -2.38. The number of imidazole rings is 1. The molecule has 1 aliphatic heterocycles. The van der Waals surface area contributed by atoms with E-state index >= 15 is 0 Å². The molecule has 1 atom stereocenters. The van der Waals surface area contributed by atoms with Gasteiger partial charge in [0.05, 0.1) is 18.3 Å². The number of amides is 1. The number of aromatic nitrogens is 3. The SMILES string of the molecule is C/C=C/N=C(C=C[N+]1([O-])C(=O)C(Cl)=C(OCc2ncc(F)cc2F)C=C1C)n1ccn(C(C)(C)CO)c1=O. The summed E-state index contributed by atoms with van der Waals surface area (Å²) in [4.78, 5) is 33.8. The summed E-state index contributed by atoms with van der Waals surface area (Å²) in [5.74, 6) is -3.06. The molecule has 10 nitrogen and oxygen atoms in total. The van der Waals surface area contributed by atoms with Crippen molar-refractivity contribution in [3.8, 4) is 0 Å². The molecule has 1 unspecified atom stereocenters. The first-order valence-electron chi connectivity index (χ1n) is 11.3. The van der Waals surface area contributed by atoms with Crippen LogP contribution >= 0.6 is 11.6 Å². The number of allylic oxidation sites excluding steroid dienone is 4. The van der Waals surface area contributed by atoms with Crippen molar-refractivity contribution in [1.82, 2.24) is 14.1 Å². The summed E-state index contributed by atoms with van der Waals surface area (Å²) in [5.41, 5.74) is -1.69. The number of aliphatic imine (C=N–C) groups is 1. The molecule has 13 heteroatoms. The lowest BCUT2D eigenvalue weighted by atomic mass is 10.1. The van der Waals surface area contributed by atoms with Gasteiger partial charge in [-0.25, -0.2) is 28.0 Å². The third-order valence-electron chi connectivity index (χ3n) is 5.67. The van der Waals surface area contributed by atoms with Crippen molar-refractivity contribution in [1.29, 1.82) is 0 Å². The number of quaternary nitrogens is 1. The van der Waals surface area contributed by atoms with Crippen LogP contribution in [0.4, 0.5) is 8.78 Å². The molecule has 0 spiro atoms. The van der Waals surface area contributed by atoms with Crippen LogP contribution in [0.5, 0.6) is 0 Å². The average molecular weight is 550 g/mol. The minimum atomic E-state index is -1.64. The van der Waals surface area contributed by atoms with Crippen molar-refractivity contribution in [2.45, 2.75) is 39.8 Å². The minimum Gasteiger partial charge on any atom is -0.615 e. The Morgan fingerprint density at radius 1 is 1.34 bits per heavy atom. The van der Waals surface area contributed by atoms with Crippen molar-refractivity contribution in [2.75, 3.05) is 6.61 Å². The normalized spacial score (nSPS) is 19.1. The number of carbonyl (C=O) groups is 1. The van der Waals surface area contributed by atoms with Crippen LogP contribution in [-0.4, -0.2) is 42.2 Å². The predicted molar refractivity (Wildman–Crippen MR) is 136 cm³/mol. The number of pyridine rings is 1. The smallest absolute Gasteiger partial charge is 0.370 e. The van der Waals surface area contributed by atoms with E-state index in [2.05, 4.69) is 9.98 Å². The molecule has 3 rings (SSSR count). The first kappa shape index (κ1) is 28.9. The van der Waals surface area contributed by atoms with Crippen molar-refractivity contribution in [3.63, 3.8) is 0 Å². The number of rotatable bonds is 8. The van der Waals surface area contributed by atoms with Crippen molar-refractivity contribution in [2.24, 2.45) is 4.99 Å². The van der Waals surface area contributed by atoms with Gasteiger partial charge in [0, 0.05) is 43.7 Å². The zero-order valence-electron chi connectivity index (χ0n) is 21.1. The van der Waals surface area contributed by atoms with Gasteiger partial charge in [0.2, 0.25) is 0 Å². The first-order valence-corrected chi connectivity index (χ1v) is 11.7. The van der Waals surface area contributed by atoms with Gasteiger partial charge in [-0.1, -0.05) is 17.7 Å².